The van der Waals surface area contributed by atoms with Gasteiger partial charge in [-0.25, -0.2) is 4.79 Å². The highest BCUT2D eigenvalue weighted by atomic mass is 16.7. The summed E-state index contributed by atoms with van der Waals surface area (Å²) in [7, 11) is 0. The maximum absolute atomic E-state index is 11.6. The average Bonchev–Trinajstić information content (AvgIpc) is 2.95. The zero-order valence-electron chi connectivity index (χ0n) is 17.5. The Labute approximate surface area is 178 Å². The van der Waals surface area contributed by atoms with Crippen molar-refractivity contribution in [1.82, 2.24) is 0 Å². The molecule has 2 aliphatic heterocycles. The number of aliphatic hydroxyl groups is 4. The third-order valence-electron chi connectivity index (χ3n) is 4.88. The van der Waals surface area contributed by atoms with Crippen LogP contribution >= 0.6 is 0 Å². The Kier molecular flexibility index (Phi) is 9.09. The van der Waals surface area contributed by atoms with Gasteiger partial charge >= 0.3 is 5.97 Å². The third-order valence-corrected chi connectivity index (χ3v) is 4.88. The summed E-state index contributed by atoms with van der Waals surface area (Å²) < 4.78 is 9.51. The molecule has 11 nitrogen and oxygen atoms in total. The molecule has 0 amide bonds. The topological polar surface area (TPSA) is 180 Å². The van der Waals surface area contributed by atoms with Gasteiger partial charge in [0.15, 0.2) is 29.2 Å². The minimum atomic E-state index is -2.94. The monoisotopic (exact) mass is 441 g/mol. The number of Topliss-reactive ketones (excluding diaryl/α,β-unsaturated/α-hetero) is 3. The molecule has 2 unspecified atom stereocenters. The van der Waals surface area contributed by atoms with Crippen LogP contribution in [0.2, 0.25) is 0 Å². The number of esters is 1. The van der Waals surface area contributed by atoms with E-state index in [1.807, 2.05) is 0 Å². The molecule has 0 aromatic heterocycles. The molecule has 2 rings (SSSR count). The van der Waals surface area contributed by atoms with Crippen molar-refractivity contribution < 1.29 is 49.1 Å². The van der Waals surface area contributed by atoms with E-state index in [4.69, 9.17) is 4.74 Å². The molecular formula is C20H27NO10. The zero-order chi connectivity index (χ0) is 24.0. The summed E-state index contributed by atoms with van der Waals surface area (Å²) in [5.41, 5.74) is -5.22. The molecule has 0 aliphatic carbocycles. The third kappa shape index (κ3) is 5.20. The predicted octanol–water partition coefficient (Wildman–Crippen LogP) is -1.24. The number of carbonyl (C=O) groups is 4. The number of ether oxygens (including phenoxy) is 2. The number of hydrogen-bond acceptors (Lipinski definition) is 11. The predicted molar refractivity (Wildman–Crippen MR) is 106 cm³/mol. The first-order chi connectivity index (χ1) is 14.3. The fraction of sp³-hybridized carbons (Fsp3) is 0.550. The van der Waals surface area contributed by atoms with Crippen molar-refractivity contribution in [2.24, 2.45) is 4.99 Å². The van der Waals surface area contributed by atoms with Crippen LogP contribution in [-0.2, 0) is 28.7 Å². The van der Waals surface area contributed by atoms with E-state index in [1.165, 1.54) is 0 Å². The number of rotatable bonds is 7. The molecule has 0 aromatic rings. The van der Waals surface area contributed by atoms with Gasteiger partial charge in [0.05, 0.1) is 5.57 Å². The van der Waals surface area contributed by atoms with Crippen LogP contribution in [-0.4, -0.2) is 86.3 Å². The van der Waals surface area contributed by atoms with Gasteiger partial charge in [0, 0.05) is 12.4 Å². The van der Waals surface area contributed by atoms with E-state index in [0.29, 0.717) is 5.57 Å². The van der Waals surface area contributed by atoms with Gasteiger partial charge in [-0.2, -0.15) is 0 Å². The number of aliphatic imine (C=N–C) groups is 1. The molecule has 4 N–H and O–H groups in total. The fourth-order valence-electron chi connectivity index (χ4n) is 3.05. The fourth-order valence-corrected chi connectivity index (χ4v) is 3.05. The van der Waals surface area contributed by atoms with E-state index in [0.717, 1.165) is 33.6 Å². The molecule has 5 atom stereocenters. The second-order valence-electron chi connectivity index (χ2n) is 7.02. The summed E-state index contributed by atoms with van der Waals surface area (Å²) in [4.78, 5) is 49.2. The number of hydrogen-bond donors (Lipinski definition) is 4. The van der Waals surface area contributed by atoms with Gasteiger partial charge in [-0.1, -0.05) is 12.7 Å². The zero-order valence-corrected chi connectivity index (χ0v) is 17.5. The lowest BCUT2D eigenvalue weighted by Gasteiger charge is -2.36. The van der Waals surface area contributed by atoms with Crippen LogP contribution < -0.4 is 0 Å². The molecule has 31 heavy (non-hydrogen) atoms. The SMILES string of the molecule is C=CCOC(=O)C1=CN=CCC1.CC(=O)C(O)[C@H]1OC(O)[C@@](O)(C(C)=O)[C@@]1(O)C(C)=O. The normalized spacial score (nSPS) is 30.4. The van der Waals surface area contributed by atoms with Gasteiger partial charge in [0.25, 0.3) is 0 Å². The summed E-state index contributed by atoms with van der Waals surface area (Å²) in [6.07, 6.45) is 0.263. The van der Waals surface area contributed by atoms with Gasteiger partial charge in [-0.3, -0.25) is 19.4 Å². The Hall–Kier alpha value is -2.57. The molecule has 1 saturated heterocycles. The summed E-state index contributed by atoms with van der Waals surface area (Å²) >= 11 is 0. The largest absolute Gasteiger partial charge is 0.458 e. The van der Waals surface area contributed by atoms with Crippen molar-refractivity contribution in [1.29, 1.82) is 0 Å². The number of ketones is 3. The van der Waals surface area contributed by atoms with E-state index in [1.54, 1.807) is 18.5 Å². The maximum atomic E-state index is 11.6. The van der Waals surface area contributed by atoms with Gasteiger partial charge in [0.2, 0.25) is 5.60 Å². The van der Waals surface area contributed by atoms with Crippen LogP contribution in [0, 0.1) is 0 Å². The van der Waals surface area contributed by atoms with E-state index in [-0.39, 0.29) is 12.6 Å². The molecule has 11 heteroatoms. The number of aliphatic hydroxyl groups excluding tert-OH is 2. The lowest BCUT2D eigenvalue weighted by molar-refractivity contribution is -0.197. The van der Waals surface area contributed by atoms with E-state index < -0.39 is 47.0 Å². The number of nitrogens with zero attached hydrogens (tertiary/aromatic N) is 1. The highest BCUT2D eigenvalue weighted by Crippen LogP contribution is 2.42. The van der Waals surface area contributed by atoms with Crippen LogP contribution in [0.25, 0.3) is 0 Å². The molecule has 0 radical (unpaired) electrons. The van der Waals surface area contributed by atoms with Gasteiger partial charge < -0.3 is 29.9 Å². The van der Waals surface area contributed by atoms with Crippen LogP contribution in [0.1, 0.15) is 33.6 Å². The van der Waals surface area contributed by atoms with Crippen LogP contribution in [0.3, 0.4) is 0 Å². The Bertz CT molecular complexity index is 804. The van der Waals surface area contributed by atoms with Gasteiger partial charge in [-0.15, -0.1) is 0 Å². The van der Waals surface area contributed by atoms with Crippen LogP contribution in [0.15, 0.2) is 29.4 Å². The highest BCUT2D eigenvalue weighted by molar-refractivity contribution is 5.99. The Morgan fingerprint density at radius 3 is 2.26 bits per heavy atom. The van der Waals surface area contributed by atoms with Crippen molar-refractivity contribution in [2.45, 2.75) is 63.3 Å². The highest BCUT2D eigenvalue weighted by Gasteiger charge is 2.72. The molecule has 172 valence electrons. The van der Waals surface area contributed by atoms with E-state index in [2.05, 4.69) is 16.3 Å². The van der Waals surface area contributed by atoms with E-state index in [9.17, 15) is 39.6 Å². The summed E-state index contributed by atoms with van der Waals surface area (Å²) in [5.74, 6) is -3.39. The summed E-state index contributed by atoms with van der Waals surface area (Å²) in [6, 6.07) is 0. The van der Waals surface area contributed by atoms with Crippen molar-refractivity contribution in [3.05, 3.63) is 24.4 Å². The lowest BCUT2D eigenvalue weighted by Crippen LogP contribution is -2.68. The standard InChI is InChI=1S/C11H16O8.C9H11NO2/c1-4(12)7(15)8-10(17,5(2)13)11(18,6(3)14)9(16)19-8;1-2-6-12-9(11)8-4-3-5-10-7-8/h7-9,15-18H,1-3H3;2,5,7H,1,3-4,6H2/t7?,8-,9?,10-,11+;/m1./s1. The summed E-state index contributed by atoms with van der Waals surface area (Å²) in [6.45, 7) is 6.36. The van der Waals surface area contributed by atoms with Crippen molar-refractivity contribution in [2.75, 3.05) is 6.61 Å². The van der Waals surface area contributed by atoms with Crippen molar-refractivity contribution in [3.8, 4) is 0 Å². The molecule has 0 aromatic carbocycles. The van der Waals surface area contributed by atoms with Crippen molar-refractivity contribution in [3.63, 3.8) is 0 Å². The molecule has 0 spiro atoms. The first-order valence-electron chi connectivity index (χ1n) is 9.33. The summed E-state index contributed by atoms with van der Waals surface area (Å²) in [5, 5.41) is 39.6. The first-order valence-corrected chi connectivity index (χ1v) is 9.33. The second kappa shape index (κ2) is 10.6. The Morgan fingerprint density at radius 2 is 1.84 bits per heavy atom. The smallest absolute Gasteiger partial charge is 0.335 e. The molecule has 1 fully saturated rings. The maximum Gasteiger partial charge on any atom is 0.335 e. The molecule has 2 heterocycles. The van der Waals surface area contributed by atoms with Gasteiger partial charge in [0.1, 0.15) is 18.8 Å². The molecular weight excluding hydrogens is 414 g/mol. The quantitative estimate of drug-likeness (QED) is 0.275. The Balaban J connectivity index is 0.000000343. The second-order valence-corrected chi connectivity index (χ2v) is 7.02. The van der Waals surface area contributed by atoms with Gasteiger partial charge in [-0.05, 0) is 33.6 Å². The first kappa shape index (κ1) is 26.5. The van der Waals surface area contributed by atoms with Crippen molar-refractivity contribution >= 4 is 29.5 Å². The minimum absolute atomic E-state index is 0.264. The van der Waals surface area contributed by atoms with E-state index >= 15 is 0 Å². The Morgan fingerprint density at radius 1 is 1.26 bits per heavy atom. The van der Waals surface area contributed by atoms with Crippen LogP contribution in [0.4, 0.5) is 0 Å². The number of carbonyl (C=O) groups excluding carboxylic acids is 4. The average molecular weight is 441 g/mol. The minimum Gasteiger partial charge on any atom is -0.458 e. The van der Waals surface area contributed by atoms with Crippen LogP contribution in [0.5, 0.6) is 0 Å². The molecule has 0 bridgehead atoms. The molecule has 0 saturated carbocycles. The lowest BCUT2D eigenvalue weighted by atomic mass is 9.74. The molecule has 2 aliphatic rings.